The molecule has 0 aromatic carbocycles. The predicted octanol–water partition coefficient (Wildman–Crippen LogP) is 1.07. The van der Waals surface area contributed by atoms with E-state index in [2.05, 4.69) is 25.2 Å². The van der Waals surface area contributed by atoms with E-state index in [1.54, 1.807) is 31.6 Å². The van der Waals surface area contributed by atoms with Crippen LogP contribution < -0.4 is 15.4 Å². The molecule has 0 atom stereocenters. The van der Waals surface area contributed by atoms with E-state index in [-0.39, 0.29) is 36.4 Å². The largest absolute Gasteiger partial charge is 0.359 e. The van der Waals surface area contributed by atoms with Gasteiger partial charge in [0.15, 0.2) is 5.96 Å². The zero-order valence-corrected chi connectivity index (χ0v) is 19.6. The fourth-order valence-corrected chi connectivity index (χ4v) is 4.96. The van der Waals surface area contributed by atoms with Crippen molar-refractivity contribution in [1.29, 1.82) is 0 Å². The number of hydrogen-bond donors (Lipinski definition) is 3. The molecule has 27 heavy (non-hydrogen) atoms. The van der Waals surface area contributed by atoms with Gasteiger partial charge in [0.25, 0.3) is 0 Å². The van der Waals surface area contributed by atoms with E-state index in [0.29, 0.717) is 23.1 Å². The Morgan fingerprint density at radius 1 is 1.33 bits per heavy atom. The summed E-state index contributed by atoms with van der Waals surface area (Å²) in [6.07, 6.45) is 2.46. The summed E-state index contributed by atoms with van der Waals surface area (Å²) in [5.74, 6) is 1.25. The van der Waals surface area contributed by atoms with Crippen molar-refractivity contribution < 1.29 is 13.2 Å². The molecule has 3 N–H and O–H groups in total. The Balaban J connectivity index is 0.00000364. The minimum absolute atomic E-state index is 0. The van der Waals surface area contributed by atoms with E-state index in [4.69, 9.17) is 0 Å². The molecule has 1 aliphatic heterocycles. The summed E-state index contributed by atoms with van der Waals surface area (Å²) in [5.41, 5.74) is 0. The first-order valence-corrected chi connectivity index (χ1v) is 11.0. The van der Waals surface area contributed by atoms with Crippen LogP contribution in [-0.4, -0.2) is 65.5 Å². The number of nitrogens with one attached hydrogen (secondary N) is 3. The number of hydrogen-bond acceptors (Lipinski definition) is 5. The Bertz CT molecular complexity index is 702. The van der Waals surface area contributed by atoms with Gasteiger partial charge < -0.3 is 15.5 Å². The van der Waals surface area contributed by atoms with E-state index >= 15 is 0 Å². The second-order valence-electron chi connectivity index (χ2n) is 6.11. The first-order valence-electron chi connectivity index (χ1n) is 8.65. The molecule has 11 heteroatoms. The van der Waals surface area contributed by atoms with Crippen LogP contribution in [0.25, 0.3) is 0 Å². The summed E-state index contributed by atoms with van der Waals surface area (Å²) >= 11 is 1.20. The monoisotopic (exact) mass is 529 g/mol. The van der Waals surface area contributed by atoms with Crippen LogP contribution in [0.15, 0.2) is 26.7 Å². The van der Waals surface area contributed by atoms with Gasteiger partial charge in [-0.3, -0.25) is 9.79 Å². The van der Waals surface area contributed by atoms with Gasteiger partial charge >= 0.3 is 0 Å². The molecule has 0 spiro atoms. The van der Waals surface area contributed by atoms with Crippen molar-refractivity contribution in [2.45, 2.75) is 23.5 Å². The molecule has 0 saturated carbocycles. The second kappa shape index (κ2) is 11.8. The fourth-order valence-electron chi connectivity index (χ4n) is 2.89. The van der Waals surface area contributed by atoms with Gasteiger partial charge in [0.2, 0.25) is 15.9 Å². The number of aliphatic imine (C=N–C) groups is 1. The molecule has 0 unspecified atom stereocenters. The molecule has 1 fully saturated rings. The number of halogens is 1. The molecule has 2 rings (SSSR count). The molecule has 1 amide bonds. The fraction of sp³-hybridized carbons (Fsp3) is 0.625. The van der Waals surface area contributed by atoms with Crippen molar-refractivity contribution in [3.63, 3.8) is 0 Å². The van der Waals surface area contributed by atoms with E-state index in [9.17, 15) is 13.2 Å². The Kier molecular flexibility index (Phi) is 10.6. The highest BCUT2D eigenvalue weighted by atomic mass is 127. The summed E-state index contributed by atoms with van der Waals surface area (Å²) in [4.78, 5) is 17.9. The van der Waals surface area contributed by atoms with Gasteiger partial charge in [0.1, 0.15) is 4.21 Å². The zero-order chi connectivity index (χ0) is 19.0. The minimum atomic E-state index is -3.43. The first kappa shape index (κ1) is 24.1. The van der Waals surface area contributed by atoms with E-state index in [0.717, 1.165) is 31.9 Å². The molecule has 1 aliphatic rings. The normalized spacial score (nSPS) is 15.9. The molecular formula is C16H28IN5O3S2. The average molecular weight is 529 g/mol. The number of rotatable bonds is 7. The topological polar surface area (TPSA) is 103 Å². The lowest BCUT2D eigenvalue weighted by atomic mass is 9.93. The molecule has 154 valence electrons. The number of thiophene rings is 1. The third kappa shape index (κ3) is 7.54. The van der Waals surface area contributed by atoms with E-state index < -0.39 is 10.0 Å². The summed E-state index contributed by atoms with van der Waals surface area (Å²) < 4.78 is 27.0. The van der Waals surface area contributed by atoms with Crippen LogP contribution in [0.3, 0.4) is 0 Å². The zero-order valence-electron chi connectivity index (χ0n) is 15.6. The maximum atomic E-state index is 12.1. The maximum absolute atomic E-state index is 12.1. The number of sulfonamides is 1. The van der Waals surface area contributed by atoms with Gasteiger partial charge in [-0.1, -0.05) is 6.07 Å². The van der Waals surface area contributed by atoms with Crippen molar-refractivity contribution >= 4 is 57.2 Å². The molecule has 0 radical (unpaired) electrons. The van der Waals surface area contributed by atoms with Crippen molar-refractivity contribution in [2.75, 3.05) is 40.3 Å². The van der Waals surface area contributed by atoms with E-state index in [1.807, 2.05) is 0 Å². The van der Waals surface area contributed by atoms with Crippen LogP contribution in [0.2, 0.25) is 0 Å². The lowest BCUT2D eigenvalue weighted by Crippen LogP contribution is -2.47. The molecule has 1 aromatic heterocycles. The summed E-state index contributed by atoms with van der Waals surface area (Å²) in [6, 6.07) is 3.30. The molecule has 0 aliphatic carbocycles. The number of nitrogens with zero attached hydrogens (tertiary/aromatic N) is 2. The Morgan fingerprint density at radius 3 is 2.59 bits per heavy atom. The third-order valence-corrected chi connectivity index (χ3v) is 7.20. The van der Waals surface area contributed by atoms with Gasteiger partial charge in [-0.25, -0.2) is 13.1 Å². The highest BCUT2D eigenvalue weighted by Crippen LogP contribution is 2.20. The maximum Gasteiger partial charge on any atom is 0.250 e. The average Bonchev–Trinajstić information content (AvgIpc) is 3.18. The van der Waals surface area contributed by atoms with Crippen LogP contribution in [0.1, 0.15) is 19.3 Å². The van der Waals surface area contributed by atoms with Crippen molar-refractivity contribution in [1.82, 2.24) is 20.3 Å². The minimum Gasteiger partial charge on any atom is -0.359 e. The van der Waals surface area contributed by atoms with Crippen LogP contribution in [0.4, 0.5) is 0 Å². The van der Waals surface area contributed by atoms with E-state index in [1.165, 1.54) is 11.3 Å². The predicted molar refractivity (Wildman–Crippen MR) is 119 cm³/mol. The number of carbonyl (C=O) groups is 1. The summed E-state index contributed by atoms with van der Waals surface area (Å²) in [6.45, 7) is 2.41. The first-order chi connectivity index (χ1) is 12.5. The number of carbonyl (C=O) groups excluding carboxylic acids is 1. The summed E-state index contributed by atoms with van der Waals surface area (Å²) in [5, 5.41) is 7.61. The molecule has 8 nitrogen and oxygen atoms in total. The van der Waals surface area contributed by atoms with Crippen molar-refractivity contribution in [2.24, 2.45) is 10.9 Å². The third-order valence-electron chi connectivity index (χ3n) is 4.34. The van der Waals surface area contributed by atoms with Gasteiger partial charge in [0.05, 0.1) is 0 Å². The van der Waals surface area contributed by atoms with Crippen LogP contribution >= 0.6 is 35.3 Å². The lowest BCUT2D eigenvalue weighted by Gasteiger charge is -2.34. The van der Waals surface area contributed by atoms with Gasteiger partial charge in [-0.2, -0.15) is 0 Å². The smallest absolute Gasteiger partial charge is 0.250 e. The van der Waals surface area contributed by atoms with Crippen LogP contribution in [0, 0.1) is 5.92 Å². The van der Waals surface area contributed by atoms with Gasteiger partial charge in [0, 0.05) is 46.7 Å². The molecular weight excluding hydrogens is 501 g/mol. The number of guanidine groups is 1. The van der Waals surface area contributed by atoms with Crippen molar-refractivity contribution in [3.8, 4) is 0 Å². The van der Waals surface area contributed by atoms with Gasteiger partial charge in [-0.05, 0) is 30.2 Å². The highest BCUT2D eigenvalue weighted by molar-refractivity contribution is 14.0. The number of amides is 1. The SMILES string of the molecule is CN=C(NCCNS(=O)(=O)c1cccs1)N1CCC(CC(=O)NC)CC1.I. The highest BCUT2D eigenvalue weighted by Gasteiger charge is 2.23. The second-order valence-corrected chi connectivity index (χ2v) is 9.05. The quantitative estimate of drug-likeness (QED) is 0.212. The van der Waals surface area contributed by atoms with Gasteiger partial charge in [-0.15, -0.1) is 35.3 Å². The Hall–Kier alpha value is -0.920. The standard InChI is InChI=1S/C16H27N5O3S2.HI/c1-17-14(22)12-13-5-9-21(10-6-13)16(18-2)19-7-8-20-26(23,24)15-4-3-11-25-15;/h3-4,11,13,20H,5-10,12H2,1-2H3,(H,17,22)(H,18,19);1H. The molecule has 1 saturated heterocycles. The summed E-state index contributed by atoms with van der Waals surface area (Å²) in [7, 11) is -0.0510. The molecule has 0 bridgehead atoms. The molecule has 1 aromatic rings. The molecule has 2 heterocycles. The van der Waals surface area contributed by atoms with Crippen molar-refractivity contribution in [3.05, 3.63) is 17.5 Å². The Morgan fingerprint density at radius 2 is 2.04 bits per heavy atom. The Labute approximate surface area is 182 Å². The number of likely N-dealkylation sites (tertiary alicyclic amines) is 1. The lowest BCUT2D eigenvalue weighted by molar-refractivity contribution is -0.121. The number of piperidine rings is 1. The van der Waals surface area contributed by atoms with Crippen LogP contribution in [0.5, 0.6) is 0 Å². The van der Waals surface area contributed by atoms with Crippen LogP contribution in [-0.2, 0) is 14.8 Å².